The third kappa shape index (κ3) is 3.41. The number of rotatable bonds is 4. The second kappa shape index (κ2) is 6.56. The van der Waals surface area contributed by atoms with Crippen molar-refractivity contribution in [3.05, 3.63) is 47.9 Å². The molecule has 0 bridgehead atoms. The molecule has 1 saturated heterocycles. The standard InChI is InChI=1S/C19H24BFN2O3/c1-12(14-8-6-7-9-15(14)21)24-16-10-13(11-23-17(16)22)20-25-18(2,3)19(4,5)26-20/h6-12H,1-5H3,(H2,22,23)/t12-/m1/s1. The van der Waals surface area contributed by atoms with Crippen molar-refractivity contribution in [2.75, 3.05) is 5.73 Å². The summed E-state index contributed by atoms with van der Waals surface area (Å²) in [4.78, 5) is 4.19. The smallest absolute Gasteiger partial charge is 0.482 e. The van der Waals surface area contributed by atoms with Gasteiger partial charge < -0.3 is 19.8 Å². The van der Waals surface area contributed by atoms with Gasteiger partial charge in [0.1, 0.15) is 11.9 Å². The van der Waals surface area contributed by atoms with E-state index in [0.717, 1.165) is 0 Å². The van der Waals surface area contributed by atoms with E-state index in [0.29, 0.717) is 16.8 Å². The number of nitrogens with two attached hydrogens (primary N) is 1. The van der Waals surface area contributed by atoms with Gasteiger partial charge in [0.2, 0.25) is 0 Å². The summed E-state index contributed by atoms with van der Waals surface area (Å²) in [5.41, 5.74) is 6.19. The van der Waals surface area contributed by atoms with E-state index in [1.165, 1.54) is 6.07 Å². The molecular formula is C19H24BFN2O3. The van der Waals surface area contributed by atoms with Crippen molar-refractivity contribution in [3.8, 4) is 5.75 Å². The third-order valence-corrected chi connectivity index (χ3v) is 5.08. The number of nitrogens with zero attached hydrogens (tertiary/aromatic N) is 1. The first-order valence-corrected chi connectivity index (χ1v) is 8.63. The summed E-state index contributed by atoms with van der Waals surface area (Å²) in [6.07, 6.45) is 1.09. The van der Waals surface area contributed by atoms with Gasteiger partial charge in [0.25, 0.3) is 0 Å². The predicted molar refractivity (Wildman–Crippen MR) is 99.8 cm³/mol. The zero-order chi connectivity index (χ0) is 19.1. The van der Waals surface area contributed by atoms with Crippen molar-refractivity contribution in [1.82, 2.24) is 4.98 Å². The summed E-state index contributed by atoms with van der Waals surface area (Å²) in [6.45, 7) is 9.69. The summed E-state index contributed by atoms with van der Waals surface area (Å²) >= 11 is 0. The SMILES string of the molecule is C[C@@H](Oc1cc(B2OC(C)(C)C(C)(C)O2)cnc1N)c1ccccc1F. The average molecular weight is 358 g/mol. The van der Waals surface area contributed by atoms with Gasteiger partial charge in [-0.25, -0.2) is 9.37 Å². The van der Waals surface area contributed by atoms with Crippen molar-refractivity contribution in [3.63, 3.8) is 0 Å². The second-order valence-electron chi connectivity index (χ2n) is 7.52. The first-order chi connectivity index (χ1) is 12.1. The van der Waals surface area contributed by atoms with Gasteiger partial charge in [0, 0.05) is 17.2 Å². The molecule has 1 aliphatic heterocycles. The van der Waals surface area contributed by atoms with Gasteiger partial charge in [-0.05, 0) is 46.8 Å². The molecule has 1 aromatic carbocycles. The first-order valence-electron chi connectivity index (χ1n) is 8.63. The van der Waals surface area contributed by atoms with Crippen molar-refractivity contribution in [1.29, 1.82) is 0 Å². The number of benzene rings is 1. The third-order valence-electron chi connectivity index (χ3n) is 5.08. The quantitative estimate of drug-likeness (QED) is 0.850. The highest BCUT2D eigenvalue weighted by atomic mass is 19.1. The van der Waals surface area contributed by atoms with E-state index in [-0.39, 0.29) is 11.6 Å². The van der Waals surface area contributed by atoms with E-state index in [1.807, 2.05) is 27.7 Å². The zero-order valence-electron chi connectivity index (χ0n) is 15.7. The Hall–Kier alpha value is -2.12. The molecule has 1 aliphatic rings. The maximum absolute atomic E-state index is 14.0. The number of hydrogen-bond donors (Lipinski definition) is 1. The van der Waals surface area contributed by atoms with Crippen molar-refractivity contribution >= 4 is 18.4 Å². The van der Waals surface area contributed by atoms with Gasteiger partial charge in [0.05, 0.1) is 11.2 Å². The maximum atomic E-state index is 14.0. The first kappa shape index (κ1) is 18.7. The van der Waals surface area contributed by atoms with Crippen LogP contribution >= 0.6 is 0 Å². The van der Waals surface area contributed by atoms with Crippen LogP contribution in [0.1, 0.15) is 46.3 Å². The van der Waals surface area contributed by atoms with E-state index in [1.54, 1.807) is 37.4 Å². The number of anilines is 1. The van der Waals surface area contributed by atoms with Crippen LogP contribution in [0, 0.1) is 5.82 Å². The number of ether oxygens (including phenoxy) is 1. The minimum atomic E-state index is -0.570. The topological polar surface area (TPSA) is 66.6 Å². The number of pyridine rings is 1. The van der Waals surface area contributed by atoms with Crippen LogP contribution in [0.4, 0.5) is 10.2 Å². The van der Waals surface area contributed by atoms with Crippen LogP contribution in [-0.2, 0) is 9.31 Å². The van der Waals surface area contributed by atoms with E-state index in [2.05, 4.69) is 4.98 Å². The Labute approximate surface area is 153 Å². The molecule has 26 heavy (non-hydrogen) atoms. The molecule has 0 spiro atoms. The van der Waals surface area contributed by atoms with E-state index >= 15 is 0 Å². The fourth-order valence-electron chi connectivity index (χ4n) is 2.73. The van der Waals surface area contributed by atoms with Gasteiger partial charge in [-0.3, -0.25) is 0 Å². The molecule has 3 rings (SSSR count). The summed E-state index contributed by atoms with van der Waals surface area (Å²) in [5.74, 6) is 0.273. The fourth-order valence-corrected chi connectivity index (χ4v) is 2.73. The molecule has 0 unspecified atom stereocenters. The van der Waals surface area contributed by atoms with Gasteiger partial charge in [0.15, 0.2) is 11.6 Å². The lowest BCUT2D eigenvalue weighted by Crippen LogP contribution is -2.41. The molecule has 0 radical (unpaired) electrons. The molecule has 138 valence electrons. The zero-order valence-corrected chi connectivity index (χ0v) is 15.7. The van der Waals surface area contributed by atoms with Crippen LogP contribution in [0.25, 0.3) is 0 Å². The highest BCUT2D eigenvalue weighted by molar-refractivity contribution is 6.62. The predicted octanol–water partition coefficient (Wildman–Crippen LogP) is 3.24. The Kier molecular flexibility index (Phi) is 4.71. The fraction of sp³-hybridized carbons (Fsp3) is 0.421. The number of hydrogen-bond acceptors (Lipinski definition) is 5. The lowest BCUT2D eigenvalue weighted by atomic mass is 9.80. The molecule has 2 N–H and O–H groups in total. The van der Waals surface area contributed by atoms with Gasteiger partial charge in [-0.2, -0.15) is 0 Å². The van der Waals surface area contributed by atoms with Crippen molar-refractivity contribution < 1.29 is 18.4 Å². The molecule has 7 heteroatoms. The van der Waals surface area contributed by atoms with Crippen LogP contribution < -0.4 is 15.9 Å². The van der Waals surface area contributed by atoms with Gasteiger partial charge in [-0.1, -0.05) is 18.2 Å². The monoisotopic (exact) mass is 358 g/mol. The Morgan fingerprint density at radius 2 is 1.77 bits per heavy atom. The summed E-state index contributed by atoms with van der Waals surface area (Å²) < 4.78 is 31.9. The normalized spacial score (nSPS) is 19.4. The Morgan fingerprint density at radius 1 is 1.15 bits per heavy atom. The molecule has 0 saturated carbocycles. The molecule has 1 atom stereocenters. The molecular weight excluding hydrogens is 334 g/mol. The summed E-state index contributed by atoms with van der Waals surface area (Å²) in [7, 11) is -0.570. The Bertz CT molecular complexity index is 797. The molecule has 0 amide bonds. The molecule has 2 heterocycles. The van der Waals surface area contributed by atoms with Crippen LogP contribution in [0.5, 0.6) is 5.75 Å². The Morgan fingerprint density at radius 3 is 2.38 bits per heavy atom. The lowest BCUT2D eigenvalue weighted by molar-refractivity contribution is 0.00578. The molecule has 5 nitrogen and oxygen atoms in total. The van der Waals surface area contributed by atoms with E-state index in [4.69, 9.17) is 19.8 Å². The minimum Gasteiger partial charge on any atom is -0.482 e. The average Bonchev–Trinajstić information content (AvgIpc) is 2.78. The molecule has 2 aromatic rings. The minimum absolute atomic E-state index is 0.230. The number of halogens is 1. The second-order valence-corrected chi connectivity index (χ2v) is 7.52. The molecule has 0 aliphatic carbocycles. The van der Waals surface area contributed by atoms with E-state index < -0.39 is 24.4 Å². The highest BCUT2D eigenvalue weighted by Crippen LogP contribution is 2.37. The molecule has 1 fully saturated rings. The van der Waals surface area contributed by atoms with Crippen LogP contribution in [-0.4, -0.2) is 23.3 Å². The maximum Gasteiger partial charge on any atom is 0.496 e. The lowest BCUT2D eigenvalue weighted by Gasteiger charge is -2.32. The highest BCUT2D eigenvalue weighted by Gasteiger charge is 2.52. The van der Waals surface area contributed by atoms with Crippen molar-refractivity contribution in [2.24, 2.45) is 0 Å². The van der Waals surface area contributed by atoms with Gasteiger partial charge in [-0.15, -0.1) is 0 Å². The van der Waals surface area contributed by atoms with Crippen molar-refractivity contribution in [2.45, 2.75) is 51.9 Å². The summed E-state index contributed by atoms with van der Waals surface area (Å²) in [5, 5.41) is 0. The summed E-state index contributed by atoms with van der Waals surface area (Å²) in [6, 6.07) is 8.22. The van der Waals surface area contributed by atoms with Crippen LogP contribution in [0.2, 0.25) is 0 Å². The van der Waals surface area contributed by atoms with E-state index in [9.17, 15) is 4.39 Å². The van der Waals surface area contributed by atoms with Crippen LogP contribution in [0.15, 0.2) is 36.5 Å². The van der Waals surface area contributed by atoms with Crippen LogP contribution in [0.3, 0.4) is 0 Å². The molecule has 1 aromatic heterocycles. The van der Waals surface area contributed by atoms with Gasteiger partial charge >= 0.3 is 7.12 Å². The number of aromatic nitrogens is 1. The Balaban J connectivity index is 1.84. The number of nitrogen functional groups attached to an aromatic ring is 1. The largest absolute Gasteiger partial charge is 0.496 e.